The Morgan fingerprint density at radius 2 is 2.06 bits per heavy atom. The van der Waals surface area contributed by atoms with Gasteiger partial charge in [0.1, 0.15) is 6.54 Å². The van der Waals surface area contributed by atoms with Gasteiger partial charge in [-0.3, -0.25) is 4.79 Å². The highest BCUT2D eigenvalue weighted by Crippen LogP contribution is 2.14. The Morgan fingerprint density at radius 1 is 1.33 bits per heavy atom. The number of methoxy groups -OCH3 is 1. The van der Waals surface area contributed by atoms with Gasteiger partial charge >= 0.3 is 12.0 Å². The first-order valence-corrected chi connectivity index (χ1v) is 5.84. The summed E-state index contributed by atoms with van der Waals surface area (Å²) in [4.78, 5) is 24.8. The van der Waals surface area contributed by atoms with Crippen molar-refractivity contribution in [3.8, 4) is 6.01 Å². The molecule has 0 atom stereocenters. The molecule has 0 bridgehead atoms. The van der Waals surface area contributed by atoms with Gasteiger partial charge in [-0.2, -0.15) is 15.0 Å². The topological polar surface area (TPSA) is 77.4 Å². The van der Waals surface area contributed by atoms with Gasteiger partial charge < -0.3 is 14.4 Å². The van der Waals surface area contributed by atoms with Gasteiger partial charge in [0.25, 0.3) is 0 Å². The average Bonchev–Trinajstić information content (AvgIpc) is 2.35. The molecule has 1 heterocycles. The Hall–Kier alpha value is -1.63. The van der Waals surface area contributed by atoms with Crippen LogP contribution in [-0.2, 0) is 9.53 Å². The Labute approximate surface area is 110 Å². The maximum atomic E-state index is 11.4. The van der Waals surface area contributed by atoms with E-state index in [2.05, 4.69) is 15.0 Å². The van der Waals surface area contributed by atoms with Crippen LogP contribution >= 0.6 is 11.6 Å². The fourth-order valence-electron chi connectivity index (χ4n) is 1.24. The van der Waals surface area contributed by atoms with Gasteiger partial charge in [-0.25, -0.2) is 0 Å². The van der Waals surface area contributed by atoms with E-state index in [1.54, 1.807) is 11.8 Å². The molecule has 18 heavy (non-hydrogen) atoms. The van der Waals surface area contributed by atoms with Gasteiger partial charge in [-0.15, -0.1) is 0 Å². The lowest BCUT2D eigenvalue weighted by molar-refractivity contribution is -0.141. The van der Waals surface area contributed by atoms with Gasteiger partial charge in [0.2, 0.25) is 11.2 Å². The number of likely N-dealkylation sites (N-methyl/N-ethyl adjacent to an activating group) is 1. The van der Waals surface area contributed by atoms with E-state index in [4.69, 9.17) is 21.1 Å². The zero-order chi connectivity index (χ0) is 13.5. The van der Waals surface area contributed by atoms with Crippen LogP contribution in [0.5, 0.6) is 6.01 Å². The average molecular weight is 275 g/mol. The predicted octanol–water partition coefficient (Wildman–Crippen LogP) is 0.923. The van der Waals surface area contributed by atoms with Gasteiger partial charge in [0, 0.05) is 6.54 Å². The van der Waals surface area contributed by atoms with Crippen molar-refractivity contribution in [2.45, 2.75) is 13.8 Å². The molecule has 1 rings (SSSR count). The van der Waals surface area contributed by atoms with E-state index in [0.717, 1.165) is 0 Å². The maximum Gasteiger partial charge on any atom is 0.325 e. The molecule has 0 aliphatic heterocycles. The van der Waals surface area contributed by atoms with Gasteiger partial charge in [0.15, 0.2) is 0 Å². The molecule has 0 aliphatic carbocycles. The summed E-state index contributed by atoms with van der Waals surface area (Å²) in [5, 5.41) is 0.0131. The first-order valence-electron chi connectivity index (χ1n) is 5.46. The minimum atomic E-state index is -0.352. The van der Waals surface area contributed by atoms with E-state index in [9.17, 15) is 4.79 Å². The molecule has 0 fully saturated rings. The number of rotatable bonds is 6. The first-order chi connectivity index (χ1) is 8.60. The van der Waals surface area contributed by atoms with Crippen molar-refractivity contribution in [2.24, 2.45) is 0 Å². The number of halogens is 1. The number of carbonyl (C=O) groups is 1. The van der Waals surface area contributed by atoms with Crippen molar-refractivity contribution < 1.29 is 14.3 Å². The normalized spacial score (nSPS) is 10.0. The summed E-state index contributed by atoms with van der Waals surface area (Å²) < 4.78 is 9.76. The molecular weight excluding hydrogens is 260 g/mol. The van der Waals surface area contributed by atoms with Crippen molar-refractivity contribution in [3.05, 3.63) is 5.28 Å². The minimum absolute atomic E-state index is 0.0131. The molecule has 0 radical (unpaired) electrons. The zero-order valence-electron chi connectivity index (χ0n) is 10.5. The third-order valence-electron chi connectivity index (χ3n) is 2.05. The van der Waals surface area contributed by atoms with E-state index in [1.165, 1.54) is 7.11 Å². The van der Waals surface area contributed by atoms with Crippen LogP contribution < -0.4 is 9.64 Å². The molecule has 7 nitrogen and oxygen atoms in total. The number of anilines is 1. The fraction of sp³-hybridized carbons (Fsp3) is 0.600. The number of hydrogen-bond donors (Lipinski definition) is 0. The SMILES string of the molecule is CCOC(=O)CN(CC)c1nc(Cl)nc(OC)n1. The smallest absolute Gasteiger partial charge is 0.325 e. The number of ether oxygens (including phenoxy) is 2. The zero-order valence-corrected chi connectivity index (χ0v) is 11.3. The van der Waals surface area contributed by atoms with E-state index in [1.807, 2.05) is 6.92 Å². The third-order valence-corrected chi connectivity index (χ3v) is 2.22. The molecule has 0 unspecified atom stereocenters. The monoisotopic (exact) mass is 274 g/mol. The van der Waals surface area contributed by atoms with E-state index in [-0.39, 0.29) is 29.8 Å². The van der Waals surface area contributed by atoms with Crippen molar-refractivity contribution >= 4 is 23.5 Å². The summed E-state index contributed by atoms with van der Waals surface area (Å²) in [6.45, 7) is 4.52. The lowest BCUT2D eigenvalue weighted by Gasteiger charge is -2.19. The molecule has 0 amide bonds. The Bertz CT molecular complexity index is 416. The third kappa shape index (κ3) is 3.99. The van der Waals surface area contributed by atoms with Crippen molar-refractivity contribution in [3.63, 3.8) is 0 Å². The van der Waals surface area contributed by atoms with Crippen LogP contribution in [-0.4, -0.2) is 47.7 Å². The molecule has 0 spiro atoms. The van der Waals surface area contributed by atoms with Crippen LogP contribution in [0.4, 0.5) is 5.95 Å². The lowest BCUT2D eigenvalue weighted by Crippen LogP contribution is -2.32. The maximum absolute atomic E-state index is 11.4. The van der Waals surface area contributed by atoms with Gasteiger partial charge in [-0.1, -0.05) is 0 Å². The molecule has 0 aromatic carbocycles. The molecule has 1 aromatic rings. The summed E-state index contributed by atoms with van der Waals surface area (Å²) in [6, 6.07) is 0.104. The summed E-state index contributed by atoms with van der Waals surface area (Å²) in [5.74, 6) is -0.0720. The van der Waals surface area contributed by atoms with Crippen LogP contribution in [0.1, 0.15) is 13.8 Å². The highest BCUT2D eigenvalue weighted by Gasteiger charge is 2.15. The second-order valence-electron chi connectivity index (χ2n) is 3.21. The molecule has 1 aromatic heterocycles. The summed E-state index contributed by atoms with van der Waals surface area (Å²) in [7, 11) is 1.43. The van der Waals surface area contributed by atoms with E-state index < -0.39 is 0 Å². The van der Waals surface area contributed by atoms with Crippen LogP contribution in [0.2, 0.25) is 5.28 Å². The first kappa shape index (κ1) is 14.4. The molecule has 0 N–H and O–H groups in total. The second-order valence-corrected chi connectivity index (χ2v) is 3.55. The summed E-state index contributed by atoms with van der Waals surface area (Å²) >= 11 is 5.74. The highest BCUT2D eigenvalue weighted by atomic mass is 35.5. The highest BCUT2D eigenvalue weighted by molar-refractivity contribution is 6.28. The van der Waals surface area contributed by atoms with Crippen LogP contribution in [0.15, 0.2) is 0 Å². The van der Waals surface area contributed by atoms with Gasteiger partial charge in [0.05, 0.1) is 13.7 Å². The molecule has 8 heteroatoms. The number of aromatic nitrogens is 3. The molecule has 0 aliphatic rings. The van der Waals surface area contributed by atoms with Crippen LogP contribution in [0.25, 0.3) is 0 Å². The van der Waals surface area contributed by atoms with E-state index in [0.29, 0.717) is 13.2 Å². The lowest BCUT2D eigenvalue weighted by atomic mass is 10.5. The Morgan fingerprint density at radius 3 is 2.61 bits per heavy atom. The summed E-state index contributed by atoms with van der Waals surface area (Å²) in [5.41, 5.74) is 0. The minimum Gasteiger partial charge on any atom is -0.467 e. The number of nitrogens with zero attached hydrogens (tertiary/aromatic N) is 4. The second kappa shape index (κ2) is 6.95. The predicted molar refractivity (Wildman–Crippen MR) is 65.9 cm³/mol. The van der Waals surface area contributed by atoms with E-state index >= 15 is 0 Å². The van der Waals surface area contributed by atoms with Crippen LogP contribution in [0.3, 0.4) is 0 Å². The largest absolute Gasteiger partial charge is 0.467 e. The number of hydrogen-bond acceptors (Lipinski definition) is 7. The summed E-state index contributed by atoms with van der Waals surface area (Å²) in [6.07, 6.45) is 0. The van der Waals surface area contributed by atoms with Crippen LogP contribution in [0, 0.1) is 0 Å². The Kier molecular flexibility index (Phi) is 5.57. The molecular formula is C10H15ClN4O3. The molecule has 0 saturated carbocycles. The van der Waals surface area contributed by atoms with Crippen molar-refractivity contribution in [1.29, 1.82) is 0 Å². The van der Waals surface area contributed by atoms with Crippen molar-refractivity contribution in [1.82, 2.24) is 15.0 Å². The van der Waals surface area contributed by atoms with Crippen molar-refractivity contribution in [2.75, 3.05) is 31.7 Å². The number of carbonyl (C=O) groups excluding carboxylic acids is 1. The standard InChI is InChI=1S/C10H15ClN4O3/c1-4-15(6-7(16)18-5-2)9-12-8(11)13-10(14-9)17-3/h4-6H2,1-3H3. The Balaban J connectivity index is 2.87. The van der Waals surface area contributed by atoms with Gasteiger partial charge in [-0.05, 0) is 25.4 Å². The quantitative estimate of drug-likeness (QED) is 0.714. The molecule has 0 saturated heterocycles. The number of esters is 1. The fourth-order valence-corrected chi connectivity index (χ4v) is 1.39. The molecule has 100 valence electrons.